The number of aryl methyl sites for hydroxylation is 1. The van der Waals surface area contributed by atoms with Crippen LogP contribution in [0.1, 0.15) is 6.42 Å². The molecule has 6 heteroatoms. The van der Waals surface area contributed by atoms with Crippen molar-refractivity contribution in [3.63, 3.8) is 0 Å². The van der Waals surface area contributed by atoms with Crippen molar-refractivity contribution < 1.29 is 13.9 Å². The van der Waals surface area contributed by atoms with Gasteiger partial charge in [0, 0.05) is 13.0 Å². The Kier molecular flexibility index (Phi) is 2.69. The summed E-state index contributed by atoms with van der Waals surface area (Å²) in [5.74, 6) is -3.02. The van der Waals surface area contributed by atoms with E-state index in [-0.39, 0.29) is 6.54 Å². The Morgan fingerprint density at radius 1 is 1.50 bits per heavy atom. The van der Waals surface area contributed by atoms with E-state index in [0.29, 0.717) is 0 Å². The van der Waals surface area contributed by atoms with Crippen LogP contribution in [0.25, 0.3) is 0 Å². The maximum atomic E-state index is 12.4. The first-order chi connectivity index (χ1) is 5.64. The normalized spacial score (nSPS) is 11.9. The first kappa shape index (κ1) is 9.05. The van der Waals surface area contributed by atoms with Crippen LogP contribution in [-0.4, -0.2) is 32.4 Å². The number of halogens is 2. The summed E-state index contributed by atoms with van der Waals surface area (Å²) in [4.78, 5) is 3.59. The van der Waals surface area contributed by atoms with Gasteiger partial charge in [0.15, 0.2) is 0 Å². The summed E-state index contributed by atoms with van der Waals surface area (Å²) in [6.45, 7) is -1.06. The van der Waals surface area contributed by atoms with Crippen LogP contribution in [0.5, 0.6) is 0 Å². The van der Waals surface area contributed by atoms with Gasteiger partial charge in [0.25, 0.3) is 5.92 Å². The van der Waals surface area contributed by atoms with Crippen LogP contribution in [0.2, 0.25) is 0 Å². The van der Waals surface area contributed by atoms with E-state index in [2.05, 4.69) is 10.1 Å². The summed E-state index contributed by atoms with van der Waals surface area (Å²) in [5, 5.41) is 11.9. The van der Waals surface area contributed by atoms with Gasteiger partial charge in [-0.2, -0.15) is 5.10 Å². The number of hydrogen-bond acceptors (Lipinski definition) is 3. The lowest BCUT2D eigenvalue weighted by atomic mass is 10.2. The number of rotatable bonds is 4. The molecule has 68 valence electrons. The SMILES string of the molecule is OCC(F)(F)CCn1cncn1. The molecule has 0 fully saturated rings. The van der Waals surface area contributed by atoms with Gasteiger partial charge in [0.05, 0.1) is 0 Å². The molecule has 1 heterocycles. The summed E-state index contributed by atoms with van der Waals surface area (Å²) in [6, 6.07) is 0. The minimum absolute atomic E-state index is 0.0631. The summed E-state index contributed by atoms with van der Waals surface area (Å²) < 4.78 is 26.2. The minimum Gasteiger partial charge on any atom is -0.390 e. The first-order valence-corrected chi connectivity index (χ1v) is 3.45. The Balaban J connectivity index is 2.36. The molecule has 1 N–H and O–H groups in total. The molecule has 1 aromatic rings. The van der Waals surface area contributed by atoms with Gasteiger partial charge in [-0.3, -0.25) is 4.68 Å². The van der Waals surface area contributed by atoms with Crippen LogP contribution in [0.3, 0.4) is 0 Å². The smallest absolute Gasteiger partial charge is 0.272 e. The Bertz CT molecular complexity index is 225. The minimum atomic E-state index is -3.02. The van der Waals surface area contributed by atoms with Gasteiger partial charge in [-0.15, -0.1) is 0 Å². The van der Waals surface area contributed by atoms with Crippen LogP contribution in [0.4, 0.5) is 8.78 Å². The third-order valence-corrected chi connectivity index (χ3v) is 1.40. The maximum absolute atomic E-state index is 12.4. The molecule has 0 saturated heterocycles. The molecule has 0 aliphatic heterocycles. The molecular weight excluding hydrogens is 168 g/mol. The summed E-state index contributed by atoms with van der Waals surface area (Å²) in [7, 11) is 0. The van der Waals surface area contributed by atoms with E-state index in [4.69, 9.17) is 5.11 Å². The molecule has 12 heavy (non-hydrogen) atoms. The van der Waals surface area contributed by atoms with Crippen LogP contribution < -0.4 is 0 Å². The van der Waals surface area contributed by atoms with Crippen molar-refractivity contribution in [2.24, 2.45) is 0 Å². The predicted molar refractivity (Wildman–Crippen MR) is 36.7 cm³/mol. The van der Waals surface area contributed by atoms with Gasteiger partial charge >= 0.3 is 0 Å². The highest BCUT2D eigenvalue weighted by molar-refractivity contribution is 4.65. The third kappa shape index (κ3) is 2.54. The van der Waals surface area contributed by atoms with E-state index >= 15 is 0 Å². The van der Waals surface area contributed by atoms with Gasteiger partial charge in [0.1, 0.15) is 19.3 Å². The van der Waals surface area contributed by atoms with Crippen molar-refractivity contribution >= 4 is 0 Å². The Hall–Kier alpha value is -1.04. The number of aliphatic hydroxyl groups is 1. The van der Waals surface area contributed by atoms with E-state index in [1.165, 1.54) is 17.3 Å². The van der Waals surface area contributed by atoms with E-state index < -0.39 is 19.0 Å². The molecule has 1 aromatic heterocycles. The maximum Gasteiger partial charge on any atom is 0.272 e. The lowest BCUT2D eigenvalue weighted by molar-refractivity contribution is -0.0596. The highest BCUT2D eigenvalue weighted by Gasteiger charge is 2.27. The van der Waals surface area contributed by atoms with Gasteiger partial charge in [-0.1, -0.05) is 0 Å². The largest absolute Gasteiger partial charge is 0.390 e. The van der Waals surface area contributed by atoms with Crippen LogP contribution in [0.15, 0.2) is 12.7 Å². The Labute approximate surface area is 67.8 Å². The average molecular weight is 177 g/mol. The van der Waals surface area contributed by atoms with Crippen molar-refractivity contribution in [3.8, 4) is 0 Å². The Morgan fingerprint density at radius 3 is 2.75 bits per heavy atom. The molecule has 0 aliphatic rings. The third-order valence-electron chi connectivity index (χ3n) is 1.40. The lowest BCUT2D eigenvalue weighted by Crippen LogP contribution is -2.23. The molecule has 0 atom stereocenters. The quantitative estimate of drug-likeness (QED) is 0.719. The highest BCUT2D eigenvalue weighted by Crippen LogP contribution is 2.17. The monoisotopic (exact) mass is 177 g/mol. The summed E-state index contributed by atoms with van der Waals surface area (Å²) in [5.41, 5.74) is 0. The molecule has 0 aliphatic carbocycles. The number of aliphatic hydroxyl groups excluding tert-OH is 1. The molecule has 0 bridgehead atoms. The van der Waals surface area contributed by atoms with Crippen molar-refractivity contribution in [1.29, 1.82) is 0 Å². The Morgan fingerprint density at radius 2 is 2.25 bits per heavy atom. The fourth-order valence-electron chi connectivity index (χ4n) is 0.705. The lowest BCUT2D eigenvalue weighted by Gasteiger charge is -2.11. The van der Waals surface area contributed by atoms with Crippen molar-refractivity contribution in [2.75, 3.05) is 6.61 Å². The van der Waals surface area contributed by atoms with Crippen molar-refractivity contribution in [3.05, 3.63) is 12.7 Å². The molecule has 0 unspecified atom stereocenters. The van der Waals surface area contributed by atoms with Crippen LogP contribution in [-0.2, 0) is 6.54 Å². The van der Waals surface area contributed by atoms with E-state index in [1.807, 2.05) is 0 Å². The second-order valence-corrected chi connectivity index (χ2v) is 2.42. The molecule has 1 rings (SSSR count). The fourth-order valence-corrected chi connectivity index (χ4v) is 0.705. The molecule has 0 saturated carbocycles. The second kappa shape index (κ2) is 3.57. The fraction of sp³-hybridized carbons (Fsp3) is 0.667. The van der Waals surface area contributed by atoms with Crippen LogP contribution in [0, 0.1) is 0 Å². The summed E-state index contributed by atoms with van der Waals surface area (Å²) in [6.07, 6.45) is 2.21. The van der Waals surface area contributed by atoms with E-state index in [9.17, 15) is 8.78 Å². The molecular formula is C6H9F2N3O. The van der Waals surface area contributed by atoms with Gasteiger partial charge in [0.2, 0.25) is 0 Å². The number of hydrogen-bond donors (Lipinski definition) is 1. The molecule has 0 spiro atoms. The standard InChI is InChI=1S/C6H9F2N3O/c7-6(8,3-12)1-2-11-5-9-4-10-11/h4-5,12H,1-3H2. The van der Waals surface area contributed by atoms with Crippen LogP contribution >= 0.6 is 0 Å². The second-order valence-electron chi connectivity index (χ2n) is 2.42. The van der Waals surface area contributed by atoms with Gasteiger partial charge in [-0.25, -0.2) is 13.8 Å². The molecule has 0 aromatic carbocycles. The zero-order valence-corrected chi connectivity index (χ0v) is 6.32. The zero-order valence-electron chi connectivity index (χ0n) is 6.32. The van der Waals surface area contributed by atoms with Gasteiger partial charge in [-0.05, 0) is 0 Å². The molecule has 0 radical (unpaired) electrons. The summed E-state index contributed by atoms with van der Waals surface area (Å²) >= 11 is 0. The first-order valence-electron chi connectivity index (χ1n) is 3.45. The van der Waals surface area contributed by atoms with Crippen molar-refractivity contribution in [1.82, 2.24) is 14.8 Å². The molecule has 4 nitrogen and oxygen atoms in total. The zero-order chi connectivity index (χ0) is 9.03. The van der Waals surface area contributed by atoms with E-state index in [0.717, 1.165) is 0 Å². The topological polar surface area (TPSA) is 50.9 Å². The van der Waals surface area contributed by atoms with Gasteiger partial charge < -0.3 is 5.11 Å². The highest BCUT2D eigenvalue weighted by atomic mass is 19.3. The molecule has 0 amide bonds. The number of nitrogens with zero attached hydrogens (tertiary/aromatic N) is 3. The number of aromatic nitrogens is 3. The average Bonchev–Trinajstić information content (AvgIpc) is 2.53. The predicted octanol–water partition coefficient (Wildman–Crippen LogP) is 0.296. The van der Waals surface area contributed by atoms with Crippen molar-refractivity contribution in [2.45, 2.75) is 18.9 Å². The van der Waals surface area contributed by atoms with E-state index in [1.54, 1.807) is 0 Å². The number of alkyl halides is 2.